The third kappa shape index (κ3) is 6.63. The van der Waals surface area contributed by atoms with Gasteiger partial charge in [0.2, 0.25) is 0 Å². The van der Waals surface area contributed by atoms with Gasteiger partial charge >= 0.3 is 0 Å². The van der Waals surface area contributed by atoms with E-state index >= 15 is 0 Å². The molecule has 0 aromatic carbocycles. The topological polar surface area (TPSA) is 72.0 Å². The molecule has 0 fully saturated rings. The highest BCUT2D eigenvalue weighted by Gasteiger charge is 2.13. The zero-order valence-electron chi connectivity index (χ0n) is 11.9. The molecule has 6 heteroatoms. The van der Waals surface area contributed by atoms with E-state index in [1.165, 1.54) is 6.26 Å². The van der Waals surface area contributed by atoms with E-state index < -0.39 is 9.84 Å². The quantitative estimate of drug-likeness (QED) is 0.786. The zero-order chi connectivity index (χ0) is 14.3. The van der Waals surface area contributed by atoms with Gasteiger partial charge in [-0.1, -0.05) is 6.92 Å². The van der Waals surface area contributed by atoms with Crippen LogP contribution < -0.4 is 5.32 Å². The maximum atomic E-state index is 11.2. The summed E-state index contributed by atoms with van der Waals surface area (Å²) in [4.78, 5) is 8.51. The fourth-order valence-corrected chi connectivity index (χ4v) is 2.58. The van der Waals surface area contributed by atoms with E-state index in [0.29, 0.717) is 6.42 Å². The van der Waals surface area contributed by atoms with E-state index in [1.54, 1.807) is 6.20 Å². The molecular weight excluding hydrogens is 262 g/mol. The minimum Gasteiger partial charge on any atom is -0.309 e. The molecule has 0 saturated heterocycles. The van der Waals surface area contributed by atoms with E-state index in [2.05, 4.69) is 22.2 Å². The lowest BCUT2D eigenvalue weighted by molar-refractivity contribution is 0.481. The molecule has 108 valence electrons. The van der Waals surface area contributed by atoms with Gasteiger partial charge in [0.05, 0.1) is 5.69 Å². The average Bonchev–Trinajstić information content (AvgIpc) is 2.32. The van der Waals surface area contributed by atoms with E-state index in [1.807, 2.05) is 13.0 Å². The number of hydrogen-bond donors (Lipinski definition) is 1. The highest BCUT2D eigenvalue weighted by molar-refractivity contribution is 7.90. The van der Waals surface area contributed by atoms with Gasteiger partial charge in [0.1, 0.15) is 15.7 Å². The third-order valence-electron chi connectivity index (χ3n) is 2.80. The summed E-state index contributed by atoms with van der Waals surface area (Å²) in [5.74, 6) is 0.963. The highest BCUT2D eigenvalue weighted by Crippen LogP contribution is 2.16. The van der Waals surface area contributed by atoms with Crippen LogP contribution in [0.4, 0.5) is 0 Å². The molecule has 1 atom stereocenters. The molecule has 1 rings (SSSR count). The van der Waals surface area contributed by atoms with Crippen molar-refractivity contribution < 1.29 is 8.42 Å². The standard InChI is InChI=1S/C13H23N3O2S/c1-4-8-15-12(6-5-10-19(3,17)18)13-7-9-14-11(2)16-13/h7,9,12,15H,4-6,8,10H2,1-3H3. The predicted octanol–water partition coefficient (Wildman–Crippen LogP) is 1.65. The molecule has 0 amide bonds. The van der Waals surface area contributed by atoms with Gasteiger partial charge in [0.15, 0.2) is 0 Å². The normalized spacial score (nSPS) is 13.4. The summed E-state index contributed by atoms with van der Waals surface area (Å²) < 4.78 is 22.3. The van der Waals surface area contributed by atoms with Crippen LogP contribution in [0.1, 0.15) is 43.7 Å². The van der Waals surface area contributed by atoms with Crippen LogP contribution in [0.2, 0.25) is 0 Å². The van der Waals surface area contributed by atoms with Gasteiger partial charge in [-0.05, 0) is 38.8 Å². The van der Waals surface area contributed by atoms with Crippen molar-refractivity contribution in [1.29, 1.82) is 0 Å². The van der Waals surface area contributed by atoms with Gasteiger partial charge in [-0.25, -0.2) is 18.4 Å². The highest BCUT2D eigenvalue weighted by atomic mass is 32.2. The van der Waals surface area contributed by atoms with E-state index in [9.17, 15) is 8.42 Å². The minimum atomic E-state index is -2.89. The number of rotatable bonds is 8. The Morgan fingerprint density at radius 2 is 2.16 bits per heavy atom. The molecule has 19 heavy (non-hydrogen) atoms. The Hall–Kier alpha value is -1.01. The van der Waals surface area contributed by atoms with Crippen molar-refractivity contribution in [2.45, 2.75) is 39.2 Å². The molecule has 0 bridgehead atoms. The minimum absolute atomic E-state index is 0.100. The maximum Gasteiger partial charge on any atom is 0.147 e. The second kappa shape index (κ2) is 7.55. The smallest absolute Gasteiger partial charge is 0.147 e. The van der Waals surface area contributed by atoms with Crippen molar-refractivity contribution in [2.24, 2.45) is 0 Å². The number of hydrogen-bond acceptors (Lipinski definition) is 5. The molecule has 0 aliphatic carbocycles. The Kier molecular flexibility index (Phi) is 6.37. The van der Waals surface area contributed by atoms with Crippen LogP contribution in [-0.2, 0) is 9.84 Å². The van der Waals surface area contributed by atoms with Crippen LogP contribution >= 0.6 is 0 Å². The molecule has 5 nitrogen and oxygen atoms in total. The second-order valence-corrected chi connectivity index (χ2v) is 7.07. The van der Waals surface area contributed by atoms with E-state index in [4.69, 9.17) is 0 Å². The number of aryl methyl sites for hydroxylation is 1. The summed E-state index contributed by atoms with van der Waals surface area (Å²) in [6.07, 6.45) is 5.46. The van der Waals surface area contributed by atoms with Crippen LogP contribution in [0.5, 0.6) is 0 Å². The number of sulfone groups is 1. The zero-order valence-corrected chi connectivity index (χ0v) is 12.7. The summed E-state index contributed by atoms with van der Waals surface area (Å²) in [7, 11) is -2.89. The number of nitrogens with one attached hydrogen (secondary N) is 1. The molecule has 1 N–H and O–H groups in total. The van der Waals surface area contributed by atoms with Crippen LogP contribution in [0, 0.1) is 6.92 Å². The molecule has 0 aliphatic rings. The summed E-state index contributed by atoms with van der Waals surface area (Å²) >= 11 is 0. The van der Waals surface area contributed by atoms with Gasteiger partial charge in [-0.2, -0.15) is 0 Å². The molecule has 1 aromatic heterocycles. The molecule has 1 heterocycles. The van der Waals surface area contributed by atoms with Crippen molar-refractivity contribution in [2.75, 3.05) is 18.6 Å². The fraction of sp³-hybridized carbons (Fsp3) is 0.692. The Morgan fingerprint density at radius 3 is 2.74 bits per heavy atom. The first-order chi connectivity index (χ1) is 8.92. The first kappa shape index (κ1) is 16.0. The van der Waals surface area contributed by atoms with Gasteiger partial charge in [-0.15, -0.1) is 0 Å². The summed E-state index contributed by atoms with van der Waals surface area (Å²) in [5, 5.41) is 3.41. The Morgan fingerprint density at radius 1 is 1.42 bits per heavy atom. The van der Waals surface area contributed by atoms with Crippen LogP contribution in [0.25, 0.3) is 0 Å². The van der Waals surface area contributed by atoms with Crippen molar-refractivity contribution in [1.82, 2.24) is 15.3 Å². The summed E-state index contributed by atoms with van der Waals surface area (Å²) in [6.45, 7) is 4.86. The second-order valence-electron chi connectivity index (χ2n) is 4.81. The largest absolute Gasteiger partial charge is 0.309 e. The first-order valence-electron chi connectivity index (χ1n) is 6.63. The van der Waals surface area contributed by atoms with Gasteiger partial charge < -0.3 is 5.32 Å². The van der Waals surface area contributed by atoms with Crippen LogP contribution in [-0.4, -0.2) is 36.9 Å². The number of nitrogens with zero attached hydrogens (tertiary/aromatic N) is 2. The van der Waals surface area contributed by atoms with Crippen molar-refractivity contribution in [3.8, 4) is 0 Å². The van der Waals surface area contributed by atoms with Gasteiger partial charge in [0.25, 0.3) is 0 Å². The molecule has 0 radical (unpaired) electrons. The van der Waals surface area contributed by atoms with Crippen LogP contribution in [0.15, 0.2) is 12.3 Å². The molecular formula is C13H23N3O2S. The van der Waals surface area contributed by atoms with Crippen LogP contribution in [0.3, 0.4) is 0 Å². The fourth-order valence-electron chi connectivity index (χ4n) is 1.89. The molecule has 1 unspecified atom stereocenters. The predicted molar refractivity (Wildman–Crippen MR) is 76.7 cm³/mol. The third-order valence-corrected chi connectivity index (χ3v) is 3.83. The van der Waals surface area contributed by atoms with E-state index in [-0.39, 0.29) is 11.8 Å². The monoisotopic (exact) mass is 285 g/mol. The van der Waals surface area contributed by atoms with Gasteiger partial charge in [0, 0.05) is 24.2 Å². The first-order valence-corrected chi connectivity index (χ1v) is 8.69. The average molecular weight is 285 g/mol. The SMILES string of the molecule is CCCNC(CCCS(C)(=O)=O)c1ccnc(C)n1. The molecule has 0 spiro atoms. The number of aromatic nitrogens is 2. The van der Waals surface area contributed by atoms with Gasteiger partial charge in [-0.3, -0.25) is 0 Å². The van der Waals surface area contributed by atoms with E-state index in [0.717, 1.165) is 30.9 Å². The Bertz CT molecular complexity index is 488. The maximum absolute atomic E-state index is 11.2. The Balaban J connectivity index is 2.66. The lowest BCUT2D eigenvalue weighted by atomic mass is 10.1. The summed E-state index contributed by atoms with van der Waals surface area (Å²) in [5.41, 5.74) is 0.939. The lowest BCUT2D eigenvalue weighted by Crippen LogP contribution is -2.24. The lowest BCUT2D eigenvalue weighted by Gasteiger charge is -2.18. The van der Waals surface area contributed by atoms with Crippen molar-refractivity contribution in [3.05, 3.63) is 23.8 Å². The molecule has 0 aliphatic heterocycles. The van der Waals surface area contributed by atoms with Crippen molar-refractivity contribution in [3.63, 3.8) is 0 Å². The van der Waals surface area contributed by atoms with Crippen molar-refractivity contribution >= 4 is 9.84 Å². The molecule has 1 aromatic rings. The Labute approximate surface area is 115 Å². The molecule has 0 saturated carbocycles. The summed E-state index contributed by atoms with van der Waals surface area (Å²) in [6, 6.07) is 1.99.